The maximum absolute atomic E-state index is 13.3. The van der Waals surface area contributed by atoms with Crippen molar-refractivity contribution >= 4 is 51.1 Å². The van der Waals surface area contributed by atoms with Crippen LogP contribution in [0.5, 0.6) is 0 Å². The molecule has 0 aromatic heterocycles. The minimum atomic E-state index is 0.0742. The van der Waals surface area contributed by atoms with Crippen LogP contribution in [-0.2, 0) is 13.1 Å². The number of hydrogen-bond acceptors (Lipinski definition) is 1. The molecule has 32 heavy (non-hydrogen) atoms. The van der Waals surface area contributed by atoms with Crippen molar-refractivity contribution in [2.45, 2.75) is 19.5 Å². The molecular weight excluding hydrogens is 527 g/mol. The Kier molecular flexibility index (Phi) is 8.75. The molecule has 3 nitrogen and oxygen atoms in total. The van der Waals surface area contributed by atoms with Crippen LogP contribution in [0.4, 0.5) is 0 Å². The van der Waals surface area contributed by atoms with Gasteiger partial charge in [0, 0.05) is 39.6 Å². The molecule has 166 valence electrons. The van der Waals surface area contributed by atoms with Crippen molar-refractivity contribution < 1.29 is 9.28 Å². The van der Waals surface area contributed by atoms with E-state index < -0.39 is 0 Å². The molecule has 0 radical (unpaired) electrons. The molecule has 0 saturated carbocycles. The normalized spacial score (nSPS) is 11.4. The van der Waals surface area contributed by atoms with Crippen LogP contribution in [0.2, 0.25) is 0 Å². The van der Waals surface area contributed by atoms with Crippen molar-refractivity contribution in [1.82, 2.24) is 4.90 Å². The highest BCUT2D eigenvalue weighted by molar-refractivity contribution is 9.10. The van der Waals surface area contributed by atoms with Gasteiger partial charge in [0.2, 0.25) is 0 Å². The molecule has 0 aliphatic rings. The predicted molar refractivity (Wildman–Crippen MR) is 143 cm³/mol. The van der Waals surface area contributed by atoms with Gasteiger partial charge in [-0.15, -0.1) is 0 Å². The van der Waals surface area contributed by atoms with E-state index in [1.54, 1.807) is 0 Å². The van der Waals surface area contributed by atoms with Crippen LogP contribution in [0.15, 0.2) is 81.7 Å². The Balaban J connectivity index is 1.67. The number of amides is 1. The quantitative estimate of drug-likeness (QED) is 0.274. The van der Waals surface area contributed by atoms with Gasteiger partial charge in [-0.2, -0.15) is 0 Å². The third-order valence-corrected chi connectivity index (χ3v) is 6.59. The lowest BCUT2D eigenvalue weighted by atomic mass is 9.95. The second-order valence-corrected chi connectivity index (χ2v) is 10.9. The summed E-state index contributed by atoms with van der Waals surface area (Å²) in [6.07, 6.45) is 0.940. The zero-order chi connectivity index (χ0) is 23.1. The SMILES string of the molecule is Bc1ccc(CN(CCC[N+](C)(C)Cc2ccc(Br)cc2)C(=O)c2cccc(Br)c2)cc1. The van der Waals surface area contributed by atoms with E-state index in [-0.39, 0.29) is 5.91 Å². The summed E-state index contributed by atoms with van der Waals surface area (Å²) in [5.74, 6) is 0.0742. The van der Waals surface area contributed by atoms with Gasteiger partial charge < -0.3 is 9.38 Å². The maximum Gasteiger partial charge on any atom is 0.254 e. The molecule has 0 saturated heterocycles. The van der Waals surface area contributed by atoms with E-state index >= 15 is 0 Å². The summed E-state index contributed by atoms with van der Waals surface area (Å²) in [4.78, 5) is 15.3. The van der Waals surface area contributed by atoms with Gasteiger partial charge in [0.15, 0.2) is 0 Å². The van der Waals surface area contributed by atoms with Crippen LogP contribution in [0, 0.1) is 0 Å². The number of nitrogens with zero attached hydrogens (tertiary/aromatic N) is 2. The summed E-state index contributed by atoms with van der Waals surface area (Å²) >= 11 is 7.00. The highest BCUT2D eigenvalue weighted by atomic mass is 79.9. The van der Waals surface area contributed by atoms with E-state index in [9.17, 15) is 4.79 Å². The number of halogens is 2. The number of rotatable bonds is 9. The largest absolute Gasteiger partial charge is 0.334 e. The topological polar surface area (TPSA) is 20.3 Å². The number of hydrogen-bond donors (Lipinski definition) is 0. The lowest BCUT2D eigenvalue weighted by Gasteiger charge is -2.31. The number of carbonyl (C=O) groups is 1. The van der Waals surface area contributed by atoms with Crippen molar-refractivity contribution in [3.63, 3.8) is 0 Å². The first-order valence-electron chi connectivity index (χ1n) is 10.9. The standard InChI is InChI=1S/C26H30BBr2N2O/c1-31(2,19-21-9-13-24(28)14-10-21)16-4-15-30(18-20-7-11-23(27)12-8-20)26(32)22-5-3-6-25(29)17-22/h3,5-14,17H,4,15-16,18-19,27H2,1-2H3/q+1. The molecule has 0 atom stereocenters. The van der Waals surface area contributed by atoms with Crippen molar-refractivity contribution in [2.24, 2.45) is 0 Å². The van der Waals surface area contributed by atoms with Crippen molar-refractivity contribution in [2.75, 3.05) is 27.2 Å². The zero-order valence-electron chi connectivity index (χ0n) is 19.0. The first-order chi connectivity index (χ1) is 15.2. The van der Waals surface area contributed by atoms with E-state index in [2.05, 4.69) is 102 Å². The lowest BCUT2D eigenvalue weighted by Crippen LogP contribution is -2.41. The van der Waals surface area contributed by atoms with Crippen LogP contribution < -0.4 is 5.46 Å². The summed E-state index contributed by atoms with van der Waals surface area (Å²) in [7, 11) is 6.59. The van der Waals surface area contributed by atoms with E-state index in [0.29, 0.717) is 6.54 Å². The van der Waals surface area contributed by atoms with Gasteiger partial charge in [-0.05, 0) is 35.9 Å². The Hall–Kier alpha value is -1.89. The third-order valence-electron chi connectivity index (χ3n) is 5.57. The first-order valence-corrected chi connectivity index (χ1v) is 12.5. The Morgan fingerprint density at radius 3 is 2.22 bits per heavy atom. The summed E-state index contributed by atoms with van der Waals surface area (Å²) in [5, 5.41) is 0. The molecule has 0 aliphatic carbocycles. The van der Waals surface area contributed by atoms with Crippen molar-refractivity contribution in [1.29, 1.82) is 0 Å². The fourth-order valence-corrected chi connectivity index (χ4v) is 4.49. The molecule has 3 aromatic carbocycles. The summed E-state index contributed by atoms with van der Waals surface area (Å²) < 4.78 is 2.90. The minimum absolute atomic E-state index is 0.0742. The Morgan fingerprint density at radius 2 is 1.56 bits per heavy atom. The second-order valence-electron chi connectivity index (χ2n) is 9.02. The molecule has 0 heterocycles. The van der Waals surface area contributed by atoms with Crippen LogP contribution in [0.25, 0.3) is 0 Å². The van der Waals surface area contributed by atoms with Gasteiger partial charge >= 0.3 is 0 Å². The van der Waals surface area contributed by atoms with E-state index in [0.717, 1.165) is 50.6 Å². The second kappa shape index (κ2) is 11.3. The van der Waals surface area contributed by atoms with Gasteiger partial charge in [0.25, 0.3) is 5.91 Å². The molecule has 0 fully saturated rings. The highest BCUT2D eigenvalue weighted by Gasteiger charge is 2.20. The molecule has 1 amide bonds. The van der Waals surface area contributed by atoms with E-state index in [4.69, 9.17) is 0 Å². The zero-order valence-corrected chi connectivity index (χ0v) is 22.2. The number of quaternary nitrogens is 1. The summed E-state index contributed by atoms with van der Waals surface area (Å²) in [6.45, 7) is 3.30. The van der Waals surface area contributed by atoms with E-state index in [1.807, 2.05) is 29.2 Å². The summed E-state index contributed by atoms with van der Waals surface area (Å²) in [6, 6.07) is 24.6. The van der Waals surface area contributed by atoms with Gasteiger partial charge in [-0.3, -0.25) is 4.79 Å². The molecule has 3 rings (SSSR count). The van der Waals surface area contributed by atoms with Crippen molar-refractivity contribution in [3.8, 4) is 0 Å². The molecule has 0 unspecified atom stereocenters. The first kappa shape index (κ1) is 24.8. The van der Waals surface area contributed by atoms with Crippen LogP contribution in [-0.4, -0.2) is 50.3 Å². The fraction of sp³-hybridized carbons (Fsp3) is 0.269. The Labute approximate surface area is 209 Å². The third kappa shape index (κ3) is 7.61. The average molecular weight is 557 g/mol. The molecule has 0 bridgehead atoms. The van der Waals surface area contributed by atoms with E-state index in [1.165, 1.54) is 11.0 Å². The molecule has 0 N–H and O–H groups in total. The monoisotopic (exact) mass is 555 g/mol. The van der Waals surface area contributed by atoms with Crippen molar-refractivity contribution in [3.05, 3.63) is 98.4 Å². The van der Waals surface area contributed by atoms with Gasteiger partial charge in [-0.25, -0.2) is 0 Å². The molecule has 6 heteroatoms. The highest BCUT2D eigenvalue weighted by Crippen LogP contribution is 2.17. The molecule has 0 aliphatic heterocycles. The smallest absolute Gasteiger partial charge is 0.254 e. The molecule has 3 aromatic rings. The predicted octanol–water partition coefficient (Wildman–Crippen LogP) is 4.78. The Morgan fingerprint density at radius 1 is 0.906 bits per heavy atom. The van der Waals surface area contributed by atoms with Crippen LogP contribution >= 0.6 is 31.9 Å². The minimum Gasteiger partial charge on any atom is -0.334 e. The summed E-state index contributed by atoms with van der Waals surface area (Å²) in [5.41, 5.74) is 4.42. The van der Waals surface area contributed by atoms with Gasteiger partial charge in [0.1, 0.15) is 14.4 Å². The lowest BCUT2D eigenvalue weighted by molar-refractivity contribution is -0.903. The van der Waals surface area contributed by atoms with Crippen LogP contribution in [0.1, 0.15) is 27.9 Å². The number of carbonyl (C=O) groups excluding carboxylic acids is 1. The fourth-order valence-electron chi connectivity index (χ4n) is 3.82. The maximum atomic E-state index is 13.3. The Bertz CT molecular complexity index is 1040. The molecular formula is C26H30BBr2N2O+. The average Bonchev–Trinajstić information content (AvgIpc) is 2.75. The molecule has 0 spiro atoms. The van der Waals surface area contributed by atoms with Crippen LogP contribution in [0.3, 0.4) is 0 Å². The van der Waals surface area contributed by atoms with Gasteiger partial charge in [0.05, 0.1) is 20.6 Å². The van der Waals surface area contributed by atoms with Gasteiger partial charge in [-0.1, -0.05) is 79.8 Å². The number of benzene rings is 3.